The Morgan fingerprint density at radius 1 is 1.03 bits per heavy atom. The van der Waals surface area contributed by atoms with Crippen molar-refractivity contribution >= 4 is 40.8 Å². The van der Waals surface area contributed by atoms with Gasteiger partial charge in [0.1, 0.15) is 19.0 Å². The van der Waals surface area contributed by atoms with Crippen LogP contribution in [0.1, 0.15) is 24.8 Å². The zero-order valence-electron chi connectivity index (χ0n) is 15.6. The van der Waals surface area contributed by atoms with Gasteiger partial charge in [0.25, 0.3) is 0 Å². The third-order valence-corrected chi connectivity index (χ3v) is 4.77. The molecule has 0 N–H and O–H groups in total. The summed E-state index contributed by atoms with van der Waals surface area (Å²) in [7, 11) is 0. The fourth-order valence-electron chi connectivity index (χ4n) is 2.78. The minimum Gasteiger partial charge on any atom is -0.488 e. The highest BCUT2D eigenvalue weighted by molar-refractivity contribution is 6.35. The molecule has 1 amide bonds. The van der Waals surface area contributed by atoms with Gasteiger partial charge in [-0.2, -0.15) is 5.10 Å². The number of nitrogens with zero attached hydrogens (tertiary/aromatic N) is 2. The van der Waals surface area contributed by atoms with Crippen LogP contribution in [-0.2, 0) is 14.3 Å². The molecule has 0 aromatic heterocycles. The van der Waals surface area contributed by atoms with Crippen molar-refractivity contribution < 1.29 is 19.1 Å². The standard InChI is InChI=1S/C21H20Cl2N2O4/c22-16-6-7-19(17(23)14-16)28-12-13-29-21(27)9-8-20(26)25-11-10-18(24-25)15-4-2-1-3-5-15/h1-7,14H,8-13H2. The molecule has 6 nitrogen and oxygen atoms in total. The molecule has 0 saturated heterocycles. The summed E-state index contributed by atoms with van der Waals surface area (Å²) in [6, 6.07) is 14.6. The van der Waals surface area contributed by atoms with Crippen molar-refractivity contribution in [3.05, 3.63) is 64.1 Å². The van der Waals surface area contributed by atoms with Crippen molar-refractivity contribution in [2.24, 2.45) is 5.10 Å². The quantitative estimate of drug-likeness (QED) is 0.457. The topological polar surface area (TPSA) is 68.2 Å². The summed E-state index contributed by atoms with van der Waals surface area (Å²) in [6.07, 6.45) is 0.742. The molecule has 1 aliphatic rings. The van der Waals surface area contributed by atoms with Gasteiger partial charge < -0.3 is 9.47 Å². The highest BCUT2D eigenvalue weighted by Gasteiger charge is 2.22. The minimum absolute atomic E-state index is 0.00672. The number of halogens is 2. The van der Waals surface area contributed by atoms with Crippen LogP contribution in [0.4, 0.5) is 0 Å². The van der Waals surface area contributed by atoms with E-state index in [1.807, 2.05) is 30.3 Å². The summed E-state index contributed by atoms with van der Waals surface area (Å²) in [4.78, 5) is 24.1. The Bertz CT molecular complexity index is 903. The minimum atomic E-state index is -0.462. The smallest absolute Gasteiger partial charge is 0.306 e. The lowest BCUT2D eigenvalue weighted by Crippen LogP contribution is -2.24. The summed E-state index contributed by atoms with van der Waals surface area (Å²) >= 11 is 11.8. The maximum Gasteiger partial charge on any atom is 0.306 e. The maximum absolute atomic E-state index is 12.3. The van der Waals surface area contributed by atoms with Gasteiger partial charge in [0.05, 0.1) is 23.7 Å². The van der Waals surface area contributed by atoms with Crippen LogP contribution in [0.5, 0.6) is 5.75 Å². The van der Waals surface area contributed by atoms with Gasteiger partial charge in [-0.3, -0.25) is 9.59 Å². The lowest BCUT2D eigenvalue weighted by atomic mass is 10.1. The largest absolute Gasteiger partial charge is 0.488 e. The van der Waals surface area contributed by atoms with Crippen LogP contribution in [0.3, 0.4) is 0 Å². The summed E-state index contributed by atoms with van der Waals surface area (Å²) in [6.45, 7) is 0.734. The first kappa shape index (κ1) is 21.1. The van der Waals surface area contributed by atoms with Gasteiger partial charge in [-0.25, -0.2) is 5.01 Å². The van der Waals surface area contributed by atoms with Crippen LogP contribution in [0.25, 0.3) is 0 Å². The van der Waals surface area contributed by atoms with Crippen LogP contribution >= 0.6 is 23.2 Å². The van der Waals surface area contributed by atoms with Crippen molar-refractivity contribution in [2.75, 3.05) is 19.8 Å². The number of carbonyl (C=O) groups is 2. The molecule has 1 aliphatic heterocycles. The lowest BCUT2D eigenvalue weighted by Gasteiger charge is -2.11. The van der Waals surface area contributed by atoms with E-state index in [2.05, 4.69) is 5.10 Å². The molecule has 0 spiro atoms. The molecule has 3 rings (SSSR count). The van der Waals surface area contributed by atoms with Crippen LogP contribution in [0.2, 0.25) is 10.0 Å². The molecule has 0 unspecified atom stereocenters. The van der Waals surface area contributed by atoms with Crippen molar-refractivity contribution in [1.82, 2.24) is 5.01 Å². The molecular formula is C21H20Cl2N2O4. The van der Waals surface area contributed by atoms with E-state index in [0.29, 0.717) is 28.8 Å². The number of rotatable bonds is 8. The van der Waals surface area contributed by atoms with E-state index in [1.54, 1.807) is 18.2 Å². The second-order valence-corrected chi connectivity index (χ2v) is 7.17. The number of hydrazone groups is 1. The maximum atomic E-state index is 12.3. The van der Waals surface area contributed by atoms with Crippen molar-refractivity contribution in [2.45, 2.75) is 19.3 Å². The zero-order chi connectivity index (χ0) is 20.6. The average Bonchev–Trinajstić information content (AvgIpc) is 3.22. The SMILES string of the molecule is O=C(CCC(=O)N1CCC(c2ccccc2)=N1)OCCOc1ccc(Cl)cc1Cl. The Morgan fingerprint density at radius 2 is 1.83 bits per heavy atom. The third kappa shape index (κ3) is 6.21. The lowest BCUT2D eigenvalue weighted by molar-refractivity contribution is -0.146. The Hall–Kier alpha value is -2.57. The van der Waals surface area contributed by atoms with E-state index < -0.39 is 5.97 Å². The van der Waals surface area contributed by atoms with E-state index in [0.717, 1.165) is 11.3 Å². The monoisotopic (exact) mass is 434 g/mol. The molecule has 1 heterocycles. The number of amides is 1. The molecule has 0 atom stereocenters. The molecule has 0 bridgehead atoms. The summed E-state index contributed by atoms with van der Waals surface area (Å²) in [5.41, 5.74) is 1.88. The van der Waals surface area contributed by atoms with E-state index >= 15 is 0 Å². The van der Waals surface area contributed by atoms with E-state index in [4.69, 9.17) is 32.7 Å². The molecule has 2 aromatic rings. The normalized spacial score (nSPS) is 13.2. The van der Waals surface area contributed by atoms with Crippen molar-refractivity contribution in [3.8, 4) is 5.75 Å². The van der Waals surface area contributed by atoms with E-state index in [1.165, 1.54) is 5.01 Å². The molecule has 2 aromatic carbocycles. The van der Waals surface area contributed by atoms with Crippen LogP contribution in [0, 0.1) is 0 Å². The Kier molecular flexibility index (Phi) is 7.49. The Morgan fingerprint density at radius 3 is 2.59 bits per heavy atom. The zero-order valence-corrected chi connectivity index (χ0v) is 17.2. The molecule has 29 heavy (non-hydrogen) atoms. The number of hydrogen-bond acceptors (Lipinski definition) is 5. The summed E-state index contributed by atoms with van der Waals surface area (Å²) in [5.74, 6) is -0.198. The van der Waals surface area contributed by atoms with Gasteiger partial charge in [-0.05, 0) is 23.8 Å². The van der Waals surface area contributed by atoms with Gasteiger partial charge in [-0.1, -0.05) is 53.5 Å². The first-order valence-electron chi connectivity index (χ1n) is 9.19. The molecule has 0 fully saturated rings. The summed E-state index contributed by atoms with van der Waals surface area (Å²) < 4.78 is 10.5. The first-order valence-corrected chi connectivity index (χ1v) is 9.95. The van der Waals surface area contributed by atoms with Crippen molar-refractivity contribution in [1.29, 1.82) is 0 Å². The van der Waals surface area contributed by atoms with Crippen LogP contribution in [-0.4, -0.2) is 42.4 Å². The highest BCUT2D eigenvalue weighted by atomic mass is 35.5. The molecular weight excluding hydrogens is 415 g/mol. The van der Waals surface area contributed by atoms with E-state index in [-0.39, 0.29) is 32.0 Å². The highest BCUT2D eigenvalue weighted by Crippen LogP contribution is 2.27. The predicted octanol–water partition coefficient (Wildman–Crippen LogP) is 4.33. The number of esters is 1. The Labute approximate surface area is 179 Å². The molecule has 0 aliphatic carbocycles. The van der Waals surface area contributed by atoms with Crippen LogP contribution < -0.4 is 4.74 Å². The summed E-state index contributed by atoms with van der Waals surface area (Å²) in [5, 5.41) is 6.68. The molecule has 0 saturated carbocycles. The van der Waals surface area contributed by atoms with Gasteiger partial charge in [0, 0.05) is 17.9 Å². The fourth-order valence-corrected chi connectivity index (χ4v) is 3.24. The Balaban J connectivity index is 1.36. The van der Waals surface area contributed by atoms with Crippen molar-refractivity contribution in [3.63, 3.8) is 0 Å². The van der Waals surface area contributed by atoms with Gasteiger partial charge >= 0.3 is 5.97 Å². The predicted molar refractivity (Wildman–Crippen MR) is 111 cm³/mol. The average molecular weight is 435 g/mol. The van der Waals surface area contributed by atoms with E-state index in [9.17, 15) is 9.59 Å². The molecule has 8 heteroatoms. The number of ether oxygens (including phenoxy) is 2. The number of benzene rings is 2. The first-order chi connectivity index (χ1) is 14.0. The fraction of sp³-hybridized carbons (Fsp3) is 0.286. The number of carbonyl (C=O) groups excluding carboxylic acids is 2. The van der Waals surface area contributed by atoms with Gasteiger partial charge in [0.2, 0.25) is 5.91 Å². The van der Waals surface area contributed by atoms with Gasteiger partial charge in [0.15, 0.2) is 0 Å². The second-order valence-electron chi connectivity index (χ2n) is 6.32. The second kappa shape index (κ2) is 10.3. The molecule has 152 valence electrons. The van der Waals surface area contributed by atoms with Crippen LogP contribution in [0.15, 0.2) is 53.6 Å². The third-order valence-electron chi connectivity index (χ3n) is 4.24. The van der Waals surface area contributed by atoms with Gasteiger partial charge in [-0.15, -0.1) is 0 Å². The number of hydrogen-bond donors (Lipinski definition) is 0. The molecule has 0 radical (unpaired) electrons.